The summed E-state index contributed by atoms with van der Waals surface area (Å²) < 4.78 is 0. The van der Waals surface area contributed by atoms with Crippen LogP contribution in [0.15, 0.2) is 0 Å². The van der Waals surface area contributed by atoms with Gasteiger partial charge in [0.2, 0.25) is 0 Å². The van der Waals surface area contributed by atoms with Crippen LogP contribution in [0.5, 0.6) is 0 Å². The van der Waals surface area contributed by atoms with Crippen molar-refractivity contribution in [3.8, 4) is 0 Å². The van der Waals surface area contributed by atoms with E-state index >= 15 is 0 Å². The first-order valence-corrected chi connectivity index (χ1v) is 6.31. The highest BCUT2D eigenvalue weighted by Gasteiger charge is 2.22. The first-order chi connectivity index (χ1) is 7.37. The topological polar surface area (TPSA) is 40.5 Å². The Morgan fingerprint density at radius 2 is 2.12 bits per heavy atom. The van der Waals surface area contributed by atoms with E-state index in [1.807, 2.05) is 0 Å². The average molecular weight is 227 g/mol. The molecule has 0 aromatic heterocycles. The lowest BCUT2D eigenvalue weighted by molar-refractivity contribution is -0.138. The molecule has 16 heavy (non-hydrogen) atoms. The first-order valence-electron chi connectivity index (χ1n) is 6.31. The van der Waals surface area contributed by atoms with Crippen LogP contribution in [0.1, 0.15) is 46.5 Å². The lowest BCUT2D eigenvalue weighted by atomic mass is 9.90. The molecule has 1 atom stereocenters. The van der Waals surface area contributed by atoms with Gasteiger partial charge in [0.25, 0.3) is 0 Å². The molecule has 1 aliphatic heterocycles. The molecule has 0 radical (unpaired) electrons. The number of likely N-dealkylation sites (tertiary alicyclic amines) is 1. The summed E-state index contributed by atoms with van der Waals surface area (Å²) in [5.41, 5.74) is 0.375. The number of aliphatic carboxylic acids is 1. The maximum atomic E-state index is 10.7. The predicted molar refractivity (Wildman–Crippen MR) is 65.5 cm³/mol. The Morgan fingerprint density at radius 3 is 2.69 bits per heavy atom. The van der Waals surface area contributed by atoms with Crippen LogP contribution in [0.2, 0.25) is 0 Å². The van der Waals surface area contributed by atoms with Crippen molar-refractivity contribution < 1.29 is 9.90 Å². The van der Waals surface area contributed by atoms with Crippen molar-refractivity contribution in [3.63, 3.8) is 0 Å². The fourth-order valence-electron chi connectivity index (χ4n) is 2.26. The second-order valence-electron chi connectivity index (χ2n) is 6.22. The molecule has 1 rings (SSSR count). The molecule has 0 saturated carbocycles. The number of nitrogens with zero attached hydrogens (tertiary/aromatic N) is 1. The van der Waals surface area contributed by atoms with Gasteiger partial charge in [-0.1, -0.05) is 20.8 Å². The monoisotopic (exact) mass is 227 g/mol. The standard InChI is InChI=1S/C13H25NO2/c1-13(2,3)6-8-14-7-4-5-11(10-14)9-12(15)16/h11H,4-10H2,1-3H3,(H,15,16). The number of carboxylic acids is 1. The van der Waals surface area contributed by atoms with E-state index in [0.29, 0.717) is 17.8 Å². The molecule has 0 aromatic carbocycles. The van der Waals surface area contributed by atoms with Gasteiger partial charge in [-0.15, -0.1) is 0 Å². The average Bonchev–Trinajstić information content (AvgIpc) is 2.13. The van der Waals surface area contributed by atoms with Crippen molar-refractivity contribution >= 4 is 5.97 Å². The molecule has 0 bridgehead atoms. The highest BCUT2D eigenvalue weighted by molar-refractivity contribution is 5.67. The van der Waals surface area contributed by atoms with Crippen LogP contribution in [0.4, 0.5) is 0 Å². The molecule has 1 aliphatic rings. The minimum atomic E-state index is -0.650. The Labute approximate surface area is 98.8 Å². The van der Waals surface area contributed by atoms with Gasteiger partial charge in [0.1, 0.15) is 0 Å². The smallest absolute Gasteiger partial charge is 0.303 e. The third-order valence-electron chi connectivity index (χ3n) is 3.24. The zero-order valence-corrected chi connectivity index (χ0v) is 10.8. The molecule has 0 amide bonds. The third kappa shape index (κ3) is 5.50. The molecule has 1 heterocycles. The molecule has 1 unspecified atom stereocenters. The minimum Gasteiger partial charge on any atom is -0.481 e. The summed E-state index contributed by atoms with van der Waals surface area (Å²) in [6, 6.07) is 0. The largest absolute Gasteiger partial charge is 0.481 e. The van der Waals surface area contributed by atoms with Crippen LogP contribution in [0.25, 0.3) is 0 Å². The van der Waals surface area contributed by atoms with Crippen LogP contribution in [-0.2, 0) is 4.79 Å². The van der Waals surface area contributed by atoms with E-state index in [-0.39, 0.29) is 0 Å². The number of rotatable bonds is 4. The van der Waals surface area contributed by atoms with E-state index in [0.717, 1.165) is 32.5 Å². The third-order valence-corrected chi connectivity index (χ3v) is 3.24. The van der Waals surface area contributed by atoms with Gasteiger partial charge in [0.15, 0.2) is 0 Å². The number of carboxylic acid groups (broad SMARTS) is 1. The summed E-state index contributed by atoms with van der Waals surface area (Å²) in [5, 5.41) is 8.79. The van der Waals surface area contributed by atoms with Crippen molar-refractivity contribution in [3.05, 3.63) is 0 Å². The SMILES string of the molecule is CC(C)(C)CCN1CCCC(CC(=O)O)C1. The maximum Gasteiger partial charge on any atom is 0.303 e. The van der Waals surface area contributed by atoms with Gasteiger partial charge in [-0.25, -0.2) is 0 Å². The molecule has 1 N–H and O–H groups in total. The van der Waals surface area contributed by atoms with Crippen LogP contribution < -0.4 is 0 Å². The second-order valence-corrected chi connectivity index (χ2v) is 6.22. The van der Waals surface area contributed by atoms with Crippen LogP contribution in [0.3, 0.4) is 0 Å². The highest BCUT2D eigenvalue weighted by atomic mass is 16.4. The zero-order valence-electron chi connectivity index (χ0n) is 10.8. The zero-order chi connectivity index (χ0) is 12.2. The molecule has 0 spiro atoms. The summed E-state index contributed by atoms with van der Waals surface area (Å²) >= 11 is 0. The second kappa shape index (κ2) is 5.67. The Kier molecular flexibility index (Phi) is 4.78. The van der Waals surface area contributed by atoms with Gasteiger partial charge in [-0.3, -0.25) is 4.79 Å². The Morgan fingerprint density at radius 1 is 1.44 bits per heavy atom. The molecule has 0 aliphatic carbocycles. The minimum absolute atomic E-state index is 0.339. The molecule has 1 fully saturated rings. The van der Waals surface area contributed by atoms with Gasteiger partial charge in [-0.2, -0.15) is 0 Å². The van der Waals surface area contributed by atoms with Crippen molar-refractivity contribution in [2.75, 3.05) is 19.6 Å². The highest BCUT2D eigenvalue weighted by Crippen LogP contribution is 2.23. The normalized spacial score (nSPS) is 23.3. The predicted octanol–water partition coefficient (Wildman–Crippen LogP) is 2.61. The molecule has 94 valence electrons. The number of piperidine rings is 1. The first kappa shape index (κ1) is 13.5. The molecule has 0 aromatic rings. The van der Waals surface area contributed by atoms with Gasteiger partial charge in [0, 0.05) is 13.0 Å². The molecule has 3 nitrogen and oxygen atoms in total. The van der Waals surface area contributed by atoms with Gasteiger partial charge in [-0.05, 0) is 43.7 Å². The van der Waals surface area contributed by atoms with Crippen LogP contribution in [0, 0.1) is 11.3 Å². The fourth-order valence-corrected chi connectivity index (χ4v) is 2.26. The molecular formula is C13H25NO2. The lowest BCUT2D eigenvalue weighted by Gasteiger charge is -2.33. The van der Waals surface area contributed by atoms with Gasteiger partial charge >= 0.3 is 5.97 Å². The number of hydrogen-bond acceptors (Lipinski definition) is 2. The van der Waals surface area contributed by atoms with Crippen molar-refractivity contribution in [1.29, 1.82) is 0 Å². The quantitative estimate of drug-likeness (QED) is 0.802. The lowest BCUT2D eigenvalue weighted by Crippen LogP contribution is -2.37. The van der Waals surface area contributed by atoms with E-state index in [2.05, 4.69) is 25.7 Å². The van der Waals surface area contributed by atoms with E-state index in [1.165, 1.54) is 6.42 Å². The van der Waals surface area contributed by atoms with E-state index < -0.39 is 5.97 Å². The summed E-state index contributed by atoms with van der Waals surface area (Å²) in [6.45, 7) is 10.00. The van der Waals surface area contributed by atoms with Crippen LogP contribution in [-0.4, -0.2) is 35.6 Å². The van der Waals surface area contributed by atoms with Crippen molar-refractivity contribution in [2.45, 2.75) is 46.5 Å². The Balaban J connectivity index is 2.30. The molecular weight excluding hydrogens is 202 g/mol. The fraction of sp³-hybridized carbons (Fsp3) is 0.923. The van der Waals surface area contributed by atoms with E-state index in [4.69, 9.17) is 5.11 Å². The maximum absolute atomic E-state index is 10.7. The van der Waals surface area contributed by atoms with Gasteiger partial charge in [0.05, 0.1) is 0 Å². The Bertz CT molecular complexity index is 233. The van der Waals surface area contributed by atoms with Crippen LogP contribution >= 0.6 is 0 Å². The number of hydrogen-bond donors (Lipinski definition) is 1. The van der Waals surface area contributed by atoms with Crippen molar-refractivity contribution in [1.82, 2.24) is 4.90 Å². The molecule has 1 saturated heterocycles. The Hall–Kier alpha value is -0.570. The summed E-state index contributed by atoms with van der Waals surface area (Å²) in [4.78, 5) is 13.1. The number of carbonyl (C=O) groups is 1. The van der Waals surface area contributed by atoms with E-state index in [9.17, 15) is 4.79 Å². The summed E-state index contributed by atoms with van der Waals surface area (Å²) in [5.74, 6) is -0.283. The van der Waals surface area contributed by atoms with Gasteiger partial charge < -0.3 is 10.0 Å². The van der Waals surface area contributed by atoms with Crippen molar-refractivity contribution in [2.24, 2.45) is 11.3 Å². The van der Waals surface area contributed by atoms with E-state index in [1.54, 1.807) is 0 Å². The molecule has 3 heteroatoms. The summed E-state index contributed by atoms with van der Waals surface area (Å²) in [7, 11) is 0. The summed E-state index contributed by atoms with van der Waals surface area (Å²) in [6.07, 6.45) is 3.76.